The third-order valence-electron chi connectivity index (χ3n) is 4.67. The molecule has 1 aliphatic heterocycles. The molecule has 0 radical (unpaired) electrons. The first-order valence-corrected chi connectivity index (χ1v) is 8.10. The monoisotopic (exact) mass is 282 g/mol. The fraction of sp³-hybridized carbons (Fsp3) is 0.938. The average Bonchev–Trinajstić information content (AvgIpc) is 2.37. The summed E-state index contributed by atoms with van der Waals surface area (Å²) in [6.45, 7) is 7.39. The summed E-state index contributed by atoms with van der Waals surface area (Å²) in [6.07, 6.45) is 7.06. The van der Waals surface area contributed by atoms with E-state index in [2.05, 4.69) is 0 Å². The van der Waals surface area contributed by atoms with Crippen molar-refractivity contribution < 1.29 is 9.53 Å². The van der Waals surface area contributed by atoms with Crippen LogP contribution in [0, 0.1) is 11.8 Å². The third kappa shape index (κ3) is 4.11. The van der Waals surface area contributed by atoms with Gasteiger partial charge in [-0.3, -0.25) is 0 Å². The molecule has 4 heteroatoms. The van der Waals surface area contributed by atoms with E-state index in [1.807, 2.05) is 25.7 Å². The molecule has 2 rings (SSSR count). The highest BCUT2D eigenvalue weighted by molar-refractivity contribution is 5.68. The maximum Gasteiger partial charge on any atom is 0.410 e. The van der Waals surface area contributed by atoms with Gasteiger partial charge in [0.15, 0.2) is 0 Å². The number of carbonyl (C=O) groups excluding carboxylic acids is 1. The Morgan fingerprint density at radius 3 is 2.25 bits per heavy atom. The molecule has 0 spiro atoms. The molecule has 2 aliphatic rings. The number of carbonyl (C=O) groups is 1. The maximum absolute atomic E-state index is 12.0. The summed E-state index contributed by atoms with van der Waals surface area (Å²) >= 11 is 0. The van der Waals surface area contributed by atoms with E-state index in [0.29, 0.717) is 17.9 Å². The number of nitrogens with two attached hydrogens (primary N) is 1. The summed E-state index contributed by atoms with van der Waals surface area (Å²) in [5.74, 6) is 1.37. The minimum absolute atomic E-state index is 0.163. The highest BCUT2D eigenvalue weighted by Gasteiger charge is 2.34. The molecule has 0 aromatic heterocycles. The van der Waals surface area contributed by atoms with Crippen molar-refractivity contribution in [3.63, 3.8) is 0 Å². The number of hydrogen-bond donors (Lipinski definition) is 1. The Morgan fingerprint density at radius 2 is 1.70 bits per heavy atom. The molecule has 116 valence electrons. The standard InChI is InChI=1S/C16H30N2O2/c1-16(2,3)20-15(19)18-10-8-12(9-11-18)13-6-4-5-7-14(13)17/h12-14H,4-11,17H2,1-3H3. The van der Waals surface area contributed by atoms with Crippen LogP contribution in [0.15, 0.2) is 0 Å². The predicted molar refractivity (Wildman–Crippen MR) is 80.5 cm³/mol. The van der Waals surface area contributed by atoms with Gasteiger partial charge in [-0.1, -0.05) is 12.8 Å². The molecule has 2 unspecified atom stereocenters. The van der Waals surface area contributed by atoms with Gasteiger partial charge in [0.25, 0.3) is 0 Å². The number of ether oxygens (including phenoxy) is 1. The van der Waals surface area contributed by atoms with Gasteiger partial charge >= 0.3 is 6.09 Å². The van der Waals surface area contributed by atoms with Crippen molar-refractivity contribution in [2.75, 3.05) is 13.1 Å². The molecule has 2 fully saturated rings. The lowest BCUT2D eigenvalue weighted by molar-refractivity contribution is 0.0142. The number of likely N-dealkylation sites (tertiary alicyclic amines) is 1. The van der Waals surface area contributed by atoms with Crippen molar-refractivity contribution in [1.82, 2.24) is 4.90 Å². The van der Waals surface area contributed by atoms with Gasteiger partial charge in [-0.25, -0.2) is 4.79 Å². The molecule has 0 aromatic rings. The van der Waals surface area contributed by atoms with E-state index in [9.17, 15) is 4.79 Å². The van der Waals surface area contributed by atoms with Crippen LogP contribution in [-0.2, 0) is 4.74 Å². The lowest BCUT2D eigenvalue weighted by Gasteiger charge is -2.40. The van der Waals surface area contributed by atoms with Crippen molar-refractivity contribution in [3.05, 3.63) is 0 Å². The molecule has 0 aromatic carbocycles. The van der Waals surface area contributed by atoms with Gasteiger partial charge in [0.2, 0.25) is 0 Å². The SMILES string of the molecule is CC(C)(C)OC(=O)N1CCC(C2CCCCC2N)CC1. The molecule has 1 aliphatic carbocycles. The molecule has 2 N–H and O–H groups in total. The molecular weight excluding hydrogens is 252 g/mol. The van der Waals surface area contributed by atoms with E-state index >= 15 is 0 Å². The van der Waals surface area contributed by atoms with E-state index in [-0.39, 0.29) is 6.09 Å². The lowest BCUT2D eigenvalue weighted by atomic mass is 9.73. The largest absolute Gasteiger partial charge is 0.444 e. The summed E-state index contributed by atoms with van der Waals surface area (Å²) in [4.78, 5) is 13.9. The summed E-state index contributed by atoms with van der Waals surface area (Å²) in [5.41, 5.74) is 5.88. The molecule has 2 atom stereocenters. The Bertz CT molecular complexity index is 330. The second-order valence-corrected chi connectivity index (χ2v) is 7.42. The first-order chi connectivity index (χ1) is 9.37. The Hall–Kier alpha value is -0.770. The normalized spacial score (nSPS) is 29.3. The quantitative estimate of drug-likeness (QED) is 0.803. The Kier molecular flexibility index (Phi) is 4.95. The van der Waals surface area contributed by atoms with Crippen molar-refractivity contribution in [1.29, 1.82) is 0 Å². The van der Waals surface area contributed by atoms with Gasteiger partial charge in [-0.2, -0.15) is 0 Å². The molecule has 1 saturated heterocycles. The van der Waals surface area contributed by atoms with E-state index in [4.69, 9.17) is 10.5 Å². The second-order valence-electron chi connectivity index (χ2n) is 7.42. The number of nitrogens with zero attached hydrogens (tertiary/aromatic N) is 1. The maximum atomic E-state index is 12.0. The van der Waals surface area contributed by atoms with E-state index in [0.717, 1.165) is 25.9 Å². The number of amides is 1. The van der Waals surface area contributed by atoms with Gasteiger partial charge in [0.1, 0.15) is 5.60 Å². The summed E-state index contributed by atoms with van der Waals surface area (Å²) in [5, 5.41) is 0. The zero-order valence-corrected chi connectivity index (χ0v) is 13.2. The zero-order chi connectivity index (χ0) is 14.8. The topological polar surface area (TPSA) is 55.6 Å². The minimum Gasteiger partial charge on any atom is -0.444 e. The average molecular weight is 282 g/mol. The van der Waals surface area contributed by atoms with Crippen molar-refractivity contribution in [2.24, 2.45) is 17.6 Å². The first-order valence-electron chi connectivity index (χ1n) is 8.10. The van der Waals surface area contributed by atoms with Crippen LogP contribution < -0.4 is 5.73 Å². The molecule has 1 heterocycles. The van der Waals surface area contributed by atoms with E-state index in [1.165, 1.54) is 25.7 Å². The van der Waals surface area contributed by atoms with Crippen LogP contribution in [0.1, 0.15) is 59.3 Å². The van der Waals surface area contributed by atoms with Crippen molar-refractivity contribution in [2.45, 2.75) is 70.9 Å². The highest BCUT2D eigenvalue weighted by Crippen LogP contribution is 2.35. The first kappa shape index (κ1) is 15.6. The Balaban J connectivity index is 1.81. The van der Waals surface area contributed by atoms with Gasteiger partial charge < -0.3 is 15.4 Å². The fourth-order valence-electron chi connectivity index (χ4n) is 3.61. The molecule has 20 heavy (non-hydrogen) atoms. The van der Waals surface area contributed by atoms with Crippen LogP contribution in [0.4, 0.5) is 4.79 Å². The Labute approximate surface area is 123 Å². The summed E-state index contributed by atoms with van der Waals surface area (Å²) in [6, 6.07) is 0.377. The van der Waals surface area contributed by atoms with Crippen LogP contribution in [0.5, 0.6) is 0 Å². The molecule has 1 amide bonds. The van der Waals surface area contributed by atoms with Gasteiger partial charge in [0.05, 0.1) is 0 Å². The van der Waals surface area contributed by atoms with Crippen molar-refractivity contribution in [3.8, 4) is 0 Å². The highest BCUT2D eigenvalue weighted by atomic mass is 16.6. The van der Waals surface area contributed by atoms with Crippen LogP contribution in [0.25, 0.3) is 0 Å². The summed E-state index contributed by atoms with van der Waals surface area (Å²) < 4.78 is 5.44. The van der Waals surface area contributed by atoms with Crippen LogP contribution in [-0.4, -0.2) is 35.7 Å². The number of hydrogen-bond acceptors (Lipinski definition) is 3. The smallest absolute Gasteiger partial charge is 0.410 e. The Morgan fingerprint density at radius 1 is 1.10 bits per heavy atom. The fourth-order valence-corrected chi connectivity index (χ4v) is 3.61. The third-order valence-corrected chi connectivity index (χ3v) is 4.67. The van der Waals surface area contributed by atoms with E-state index in [1.54, 1.807) is 0 Å². The minimum atomic E-state index is -0.403. The van der Waals surface area contributed by atoms with Gasteiger partial charge in [0, 0.05) is 19.1 Å². The molecule has 0 bridgehead atoms. The van der Waals surface area contributed by atoms with Crippen molar-refractivity contribution >= 4 is 6.09 Å². The lowest BCUT2D eigenvalue weighted by Crippen LogP contribution is -2.46. The van der Waals surface area contributed by atoms with Gasteiger partial charge in [-0.05, 0) is 58.3 Å². The van der Waals surface area contributed by atoms with Gasteiger partial charge in [-0.15, -0.1) is 0 Å². The molecule has 4 nitrogen and oxygen atoms in total. The summed E-state index contributed by atoms with van der Waals surface area (Å²) in [7, 11) is 0. The van der Waals surface area contributed by atoms with Crippen LogP contribution in [0.3, 0.4) is 0 Å². The number of piperidine rings is 1. The second kappa shape index (κ2) is 6.33. The van der Waals surface area contributed by atoms with E-state index < -0.39 is 5.60 Å². The molecule has 1 saturated carbocycles. The number of rotatable bonds is 1. The zero-order valence-electron chi connectivity index (χ0n) is 13.2. The molecular formula is C16H30N2O2. The van der Waals surface area contributed by atoms with Crippen LogP contribution in [0.2, 0.25) is 0 Å². The van der Waals surface area contributed by atoms with Crippen LogP contribution >= 0.6 is 0 Å². The predicted octanol–water partition coefficient (Wildman–Crippen LogP) is 3.15.